The summed E-state index contributed by atoms with van der Waals surface area (Å²) in [5, 5.41) is 3.02. The van der Waals surface area contributed by atoms with Gasteiger partial charge in [0.15, 0.2) is 0 Å². The maximum Gasteiger partial charge on any atom is 0.240 e. The van der Waals surface area contributed by atoms with Gasteiger partial charge in [0.05, 0.1) is 0 Å². The van der Waals surface area contributed by atoms with Crippen LogP contribution in [0.1, 0.15) is 33.4 Å². The molecule has 0 aliphatic heterocycles. The Morgan fingerprint density at radius 1 is 0.714 bits per heavy atom. The molecule has 4 rings (SSSR count). The third kappa shape index (κ3) is 4.87. The molecule has 0 saturated heterocycles. The highest BCUT2D eigenvalue weighted by atomic mass is 16.2. The van der Waals surface area contributed by atoms with Gasteiger partial charge < -0.3 is 11.1 Å². The molecule has 0 saturated carbocycles. The molecule has 4 aromatic rings. The van der Waals surface area contributed by atoms with Crippen LogP contribution in [0.4, 0.5) is 0 Å². The highest BCUT2D eigenvalue weighted by Gasteiger charge is 2.44. The number of primary amides is 1. The van der Waals surface area contributed by atoms with Gasteiger partial charge in [-0.1, -0.05) is 109 Å². The summed E-state index contributed by atoms with van der Waals surface area (Å²) < 4.78 is 0. The first-order valence-electron chi connectivity index (χ1n) is 11.8. The van der Waals surface area contributed by atoms with Crippen molar-refractivity contribution in [3.05, 3.63) is 143 Å². The predicted molar refractivity (Wildman–Crippen MR) is 140 cm³/mol. The standard InChI is InChI=1S/C31H30N2O2/c1-22-18-19-24(20-23(22)2)21-28(29(32)34)33-30(35)31(25-12-6-3-7-13-25,26-14-8-4-9-15-26)27-16-10-5-11-17-27/h3-20,28H,21H2,1-2H3,(H2,32,34)(H,33,35)/t28-/m1/s1. The number of nitrogens with two attached hydrogens (primary N) is 1. The van der Waals surface area contributed by atoms with Gasteiger partial charge in [0.25, 0.3) is 0 Å². The van der Waals surface area contributed by atoms with Crippen LogP contribution in [0.3, 0.4) is 0 Å². The number of carbonyl (C=O) groups is 2. The van der Waals surface area contributed by atoms with Gasteiger partial charge in [0.1, 0.15) is 11.5 Å². The Morgan fingerprint density at radius 3 is 1.57 bits per heavy atom. The van der Waals surface area contributed by atoms with Crippen LogP contribution < -0.4 is 11.1 Å². The van der Waals surface area contributed by atoms with Crippen molar-refractivity contribution < 1.29 is 9.59 Å². The van der Waals surface area contributed by atoms with Crippen LogP contribution in [0, 0.1) is 13.8 Å². The fraction of sp³-hybridized carbons (Fsp3) is 0.161. The van der Waals surface area contributed by atoms with Crippen molar-refractivity contribution >= 4 is 11.8 Å². The van der Waals surface area contributed by atoms with Gasteiger partial charge in [-0.3, -0.25) is 9.59 Å². The molecule has 0 aromatic heterocycles. The summed E-state index contributed by atoms with van der Waals surface area (Å²) in [5.74, 6) is -0.867. The van der Waals surface area contributed by atoms with Gasteiger partial charge >= 0.3 is 0 Å². The lowest BCUT2D eigenvalue weighted by molar-refractivity contribution is -0.129. The van der Waals surface area contributed by atoms with Crippen LogP contribution in [0.15, 0.2) is 109 Å². The van der Waals surface area contributed by atoms with Gasteiger partial charge in [-0.2, -0.15) is 0 Å². The van der Waals surface area contributed by atoms with Crippen molar-refractivity contribution in [2.24, 2.45) is 5.73 Å². The molecule has 2 amide bonds. The van der Waals surface area contributed by atoms with Gasteiger partial charge in [-0.15, -0.1) is 0 Å². The van der Waals surface area contributed by atoms with Crippen LogP contribution in [-0.4, -0.2) is 17.9 Å². The zero-order valence-electron chi connectivity index (χ0n) is 20.1. The molecule has 0 bridgehead atoms. The zero-order chi connectivity index (χ0) is 24.8. The van der Waals surface area contributed by atoms with E-state index < -0.39 is 17.4 Å². The Morgan fingerprint density at radius 2 is 1.17 bits per heavy atom. The first-order valence-corrected chi connectivity index (χ1v) is 11.8. The number of nitrogens with one attached hydrogen (secondary N) is 1. The summed E-state index contributed by atoms with van der Waals surface area (Å²) in [6.45, 7) is 4.07. The molecule has 176 valence electrons. The van der Waals surface area contributed by atoms with E-state index >= 15 is 0 Å². The summed E-state index contributed by atoms with van der Waals surface area (Å²) in [6, 6.07) is 34.1. The van der Waals surface area contributed by atoms with E-state index in [0.717, 1.165) is 27.8 Å². The van der Waals surface area contributed by atoms with Crippen LogP contribution in [0.2, 0.25) is 0 Å². The second kappa shape index (κ2) is 10.4. The molecule has 0 unspecified atom stereocenters. The minimum Gasteiger partial charge on any atom is -0.368 e. The van der Waals surface area contributed by atoms with E-state index in [9.17, 15) is 9.59 Å². The average molecular weight is 463 g/mol. The highest BCUT2D eigenvalue weighted by molar-refractivity contribution is 5.98. The summed E-state index contributed by atoms with van der Waals surface area (Å²) in [6.07, 6.45) is 0.316. The molecule has 0 heterocycles. The molecule has 0 aliphatic rings. The SMILES string of the molecule is Cc1ccc(C[C@@H](NC(=O)C(c2ccccc2)(c2ccccc2)c2ccccc2)C(N)=O)cc1C. The summed E-state index contributed by atoms with van der Waals surface area (Å²) >= 11 is 0. The fourth-order valence-electron chi connectivity index (χ4n) is 4.61. The van der Waals surface area contributed by atoms with Crippen LogP contribution in [0.5, 0.6) is 0 Å². The van der Waals surface area contributed by atoms with Crippen LogP contribution in [-0.2, 0) is 21.4 Å². The largest absolute Gasteiger partial charge is 0.368 e. The number of carbonyl (C=O) groups excluding carboxylic acids is 2. The topological polar surface area (TPSA) is 72.2 Å². The van der Waals surface area contributed by atoms with Gasteiger partial charge in [-0.05, 0) is 47.2 Å². The molecule has 0 aliphatic carbocycles. The Bertz CT molecular complexity index is 1210. The van der Waals surface area contributed by atoms with E-state index in [2.05, 4.69) is 5.32 Å². The first kappa shape index (κ1) is 24.0. The molecular formula is C31H30N2O2. The van der Waals surface area contributed by atoms with Crippen molar-refractivity contribution in [2.75, 3.05) is 0 Å². The summed E-state index contributed by atoms with van der Waals surface area (Å²) in [7, 11) is 0. The quantitative estimate of drug-likeness (QED) is 0.368. The van der Waals surface area contributed by atoms with E-state index in [1.165, 1.54) is 5.56 Å². The highest BCUT2D eigenvalue weighted by Crippen LogP contribution is 2.39. The Labute approximate surface area is 206 Å². The molecule has 35 heavy (non-hydrogen) atoms. The van der Waals surface area contributed by atoms with Crippen molar-refractivity contribution in [3.63, 3.8) is 0 Å². The average Bonchev–Trinajstić information content (AvgIpc) is 2.88. The number of hydrogen-bond donors (Lipinski definition) is 2. The lowest BCUT2D eigenvalue weighted by Crippen LogP contribution is -2.54. The Balaban J connectivity index is 1.83. The van der Waals surface area contributed by atoms with Crippen LogP contribution in [0.25, 0.3) is 0 Å². The predicted octanol–water partition coefficient (Wildman–Crippen LogP) is 4.85. The van der Waals surface area contributed by atoms with E-state index in [4.69, 9.17) is 5.73 Å². The molecule has 4 aromatic carbocycles. The maximum absolute atomic E-state index is 14.4. The molecular weight excluding hydrogens is 432 g/mol. The van der Waals surface area contributed by atoms with Gasteiger partial charge in [-0.25, -0.2) is 0 Å². The van der Waals surface area contributed by atoms with Gasteiger partial charge in [0.2, 0.25) is 11.8 Å². The molecule has 0 radical (unpaired) electrons. The molecule has 4 nitrogen and oxygen atoms in total. The second-order valence-electron chi connectivity index (χ2n) is 8.90. The van der Waals surface area contributed by atoms with Crippen molar-refractivity contribution in [1.82, 2.24) is 5.32 Å². The lowest BCUT2D eigenvalue weighted by Gasteiger charge is -2.35. The fourth-order valence-corrected chi connectivity index (χ4v) is 4.61. The summed E-state index contributed by atoms with van der Waals surface area (Å²) in [5.41, 5.74) is 10.3. The maximum atomic E-state index is 14.4. The second-order valence-corrected chi connectivity index (χ2v) is 8.90. The number of benzene rings is 4. The Hall–Kier alpha value is -4.18. The third-order valence-corrected chi connectivity index (χ3v) is 6.62. The Kier molecular flexibility index (Phi) is 7.11. The minimum atomic E-state index is -1.17. The molecule has 1 atom stereocenters. The number of rotatable bonds is 8. The zero-order valence-corrected chi connectivity index (χ0v) is 20.1. The van der Waals surface area contributed by atoms with E-state index in [0.29, 0.717) is 6.42 Å². The molecule has 4 heteroatoms. The molecule has 0 spiro atoms. The minimum absolute atomic E-state index is 0.297. The van der Waals surface area contributed by atoms with Gasteiger partial charge in [0, 0.05) is 6.42 Å². The first-order chi connectivity index (χ1) is 16.9. The lowest BCUT2D eigenvalue weighted by atomic mass is 9.68. The number of aryl methyl sites for hydroxylation is 2. The smallest absolute Gasteiger partial charge is 0.240 e. The normalized spacial score (nSPS) is 12.1. The van der Waals surface area contributed by atoms with Crippen molar-refractivity contribution in [3.8, 4) is 0 Å². The van der Waals surface area contributed by atoms with Crippen molar-refractivity contribution in [1.29, 1.82) is 0 Å². The summed E-state index contributed by atoms with van der Waals surface area (Å²) in [4.78, 5) is 26.9. The third-order valence-electron chi connectivity index (χ3n) is 6.62. The van der Waals surface area contributed by atoms with Crippen LogP contribution >= 0.6 is 0 Å². The monoisotopic (exact) mass is 462 g/mol. The number of hydrogen-bond acceptors (Lipinski definition) is 2. The molecule has 0 fully saturated rings. The number of amides is 2. The van der Waals surface area contributed by atoms with E-state index in [1.54, 1.807) is 0 Å². The van der Waals surface area contributed by atoms with E-state index in [1.807, 2.05) is 123 Å². The molecule has 3 N–H and O–H groups in total. The van der Waals surface area contributed by atoms with E-state index in [-0.39, 0.29) is 5.91 Å². The van der Waals surface area contributed by atoms with Crippen molar-refractivity contribution in [2.45, 2.75) is 31.7 Å².